The van der Waals surface area contributed by atoms with E-state index in [-0.39, 0.29) is 37.3 Å². The quantitative estimate of drug-likeness (QED) is 0.428. The molecule has 0 bridgehead atoms. The molecule has 2 fully saturated rings. The maximum atomic E-state index is 12.9. The van der Waals surface area contributed by atoms with Crippen LogP contribution in [0.4, 0.5) is 0 Å². The summed E-state index contributed by atoms with van der Waals surface area (Å²) < 4.78 is 0. The Morgan fingerprint density at radius 1 is 1.06 bits per heavy atom. The Bertz CT molecular complexity index is 679. The van der Waals surface area contributed by atoms with Gasteiger partial charge >= 0.3 is 5.97 Å². The van der Waals surface area contributed by atoms with Crippen molar-refractivity contribution in [2.45, 2.75) is 84.3 Å². The fourth-order valence-electron chi connectivity index (χ4n) is 4.75. The van der Waals surface area contributed by atoms with E-state index in [4.69, 9.17) is 4.84 Å². The monoisotopic (exact) mass is 438 g/mol. The van der Waals surface area contributed by atoms with Gasteiger partial charge in [-0.2, -0.15) is 0 Å². The zero-order valence-electron chi connectivity index (χ0n) is 19.8. The Balaban J connectivity index is 1.69. The van der Waals surface area contributed by atoms with Gasteiger partial charge in [-0.15, -0.1) is 5.06 Å². The number of likely N-dealkylation sites (N-methyl/N-ethyl adjacent to an activating group) is 2. The van der Waals surface area contributed by atoms with Gasteiger partial charge in [-0.1, -0.05) is 6.42 Å². The van der Waals surface area contributed by atoms with Crippen molar-refractivity contribution in [3.63, 3.8) is 0 Å². The highest BCUT2D eigenvalue weighted by Gasteiger charge is 2.46. The van der Waals surface area contributed by atoms with Gasteiger partial charge in [0, 0.05) is 50.5 Å². The summed E-state index contributed by atoms with van der Waals surface area (Å²) in [7, 11) is 4.20. The minimum atomic E-state index is -0.582. The molecule has 0 saturated carbocycles. The lowest BCUT2D eigenvalue weighted by atomic mass is 9.77. The molecule has 2 aliphatic heterocycles. The molecule has 2 aliphatic rings. The first kappa shape index (κ1) is 25.3. The second-order valence-electron chi connectivity index (χ2n) is 9.47. The predicted molar refractivity (Wildman–Crippen MR) is 116 cm³/mol. The maximum Gasteiger partial charge on any atom is 0.333 e. The van der Waals surface area contributed by atoms with Gasteiger partial charge in [0.1, 0.15) is 0 Å². The zero-order valence-corrected chi connectivity index (χ0v) is 19.8. The fourth-order valence-corrected chi connectivity index (χ4v) is 4.75. The van der Waals surface area contributed by atoms with Crippen molar-refractivity contribution < 1.29 is 24.0 Å². The lowest BCUT2D eigenvalue weighted by Gasteiger charge is -2.52. The van der Waals surface area contributed by atoms with E-state index >= 15 is 0 Å². The predicted octanol–water partition coefficient (Wildman–Crippen LogP) is 1.32. The summed E-state index contributed by atoms with van der Waals surface area (Å²) in [5, 5.41) is 3.62. The Morgan fingerprint density at radius 3 is 2.29 bits per heavy atom. The Hall–Kier alpha value is -2.00. The molecule has 0 aromatic carbocycles. The highest BCUT2D eigenvalue weighted by atomic mass is 16.7. The van der Waals surface area contributed by atoms with Crippen LogP contribution < -0.4 is 5.32 Å². The molecule has 2 heterocycles. The van der Waals surface area contributed by atoms with Crippen molar-refractivity contribution in [3.8, 4) is 0 Å². The highest BCUT2D eigenvalue weighted by molar-refractivity contribution is 6.01. The number of hydrogen-bond donors (Lipinski definition) is 1. The van der Waals surface area contributed by atoms with Gasteiger partial charge in [0.2, 0.25) is 5.91 Å². The first-order valence-electron chi connectivity index (χ1n) is 11.2. The number of piperazine rings is 1. The molecule has 176 valence electrons. The number of carbonyl (C=O) groups is 4. The summed E-state index contributed by atoms with van der Waals surface area (Å²) in [4.78, 5) is 57.1. The van der Waals surface area contributed by atoms with Crippen molar-refractivity contribution in [2.24, 2.45) is 5.41 Å². The number of rotatable bonds is 9. The Kier molecular flexibility index (Phi) is 8.59. The molecule has 0 spiro atoms. The summed E-state index contributed by atoms with van der Waals surface area (Å²) in [5.74, 6) is -1.49. The number of amides is 3. The van der Waals surface area contributed by atoms with Crippen molar-refractivity contribution in [3.05, 3.63) is 0 Å². The number of nitrogens with zero attached hydrogens (tertiary/aromatic N) is 3. The molecule has 3 unspecified atom stereocenters. The SMILES string of the molecule is CC1CN(C)C(C(C)(C)C(=O)NCCCCCC(=O)ON2C(=O)CCC2=O)C(C)N1C. The van der Waals surface area contributed by atoms with Crippen molar-refractivity contribution in [1.82, 2.24) is 20.2 Å². The smallest absolute Gasteiger partial charge is 0.333 e. The Morgan fingerprint density at radius 2 is 1.68 bits per heavy atom. The molecule has 2 rings (SSSR count). The van der Waals surface area contributed by atoms with E-state index in [0.29, 0.717) is 24.1 Å². The van der Waals surface area contributed by atoms with Crippen molar-refractivity contribution in [2.75, 3.05) is 27.2 Å². The van der Waals surface area contributed by atoms with Crippen LogP contribution in [-0.2, 0) is 24.0 Å². The van der Waals surface area contributed by atoms with Gasteiger partial charge < -0.3 is 10.2 Å². The van der Waals surface area contributed by atoms with Crippen LogP contribution in [0.25, 0.3) is 0 Å². The van der Waals surface area contributed by atoms with Gasteiger partial charge in [0.25, 0.3) is 11.8 Å². The van der Waals surface area contributed by atoms with E-state index in [0.717, 1.165) is 19.4 Å². The number of unbranched alkanes of at least 4 members (excludes halogenated alkanes) is 2. The van der Waals surface area contributed by atoms with E-state index < -0.39 is 23.2 Å². The molecular formula is C22H38N4O5. The van der Waals surface area contributed by atoms with Crippen LogP contribution in [0.15, 0.2) is 0 Å². The minimum absolute atomic E-state index is 0.0321. The number of hydrogen-bond acceptors (Lipinski definition) is 7. The molecule has 9 heteroatoms. The third-order valence-electron chi connectivity index (χ3n) is 6.69. The van der Waals surface area contributed by atoms with E-state index in [1.165, 1.54) is 0 Å². The largest absolute Gasteiger partial charge is 0.356 e. The molecule has 1 N–H and O–H groups in total. The average molecular weight is 439 g/mol. The lowest BCUT2D eigenvalue weighted by Crippen LogP contribution is -2.66. The molecule has 0 radical (unpaired) electrons. The van der Waals surface area contributed by atoms with Gasteiger partial charge in [-0.25, -0.2) is 4.79 Å². The first-order valence-corrected chi connectivity index (χ1v) is 11.2. The number of carbonyl (C=O) groups excluding carboxylic acids is 4. The second kappa shape index (κ2) is 10.5. The van der Waals surface area contributed by atoms with Gasteiger partial charge in [-0.05, 0) is 54.6 Å². The van der Waals surface area contributed by atoms with Crippen LogP contribution >= 0.6 is 0 Å². The minimum Gasteiger partial charge on any atom is -0.356 e. The Labute approximate surface area is 185 Å². The zero-order chi connectivity index (χ0) is 23.3. The van der Waals surface area contributed by atoms with Crippen LogP contribution in [0, 0.1) is 5.41 Å². The number of imide groups is 1. The number of hydroxylamine groups is 2. The second-order valence-corrected chi connectivity index (χ2v) is 9.47. The van der Waals surface area contributed by atoms with Crippen molar-refractivity contribution >= 4 is 23.7 Å². The first-order chi connectivity index (χ1) is 14.5. The van der Waals surface area contributed by atoms with Crippen LogP contribution in [-0.4, -0.2) is 83.9 Å². The molecule has 0 aliphatic carbocycles. The van der Waals surface area contributed by atoms with E-state index in [2.05, 4.69) is 43.1 Å². The number of nitrogens with one attached hydrogen (secondary N) is 1. The standard InChI is InChI=1S/C22H38N4O5/c1-15-14-24(5)20(16(2)25(15)6)22(3,4)21(30)23-13-9-7-8-10-19(29)31-26-17(27)11-12-18(26)28/h15-16,20H,7-14H2,1-6H3,(H,23,30). The fraction of sp³-hybridized carbons (Fsp3) is 0.818. The molecule has 3 amide bonds. The highest BCUT2D eigenvalue weighted by Crippen LogP contribution is 2.33. The summed E-state index contributed by atoms with van der Waals surface area (Å²) in [5.41, 5.74) is -0.541. The molecule has 2 saturated heterocycles. The van der Waals surface area contributed by atoms with Gasteiger partial charge in [-0.3, -0.25) is 24.2 Å². The maximum absolute atomic E-state index is 12.9. The van der Waals surface area contributed by atoms with E-state index in [1.54, 1.807) is 0 Å². The molecule has 31 heavy (non-hydrogen) atoms. The summed E-state index contributed by atoms with van der Waals surface area (Å²) in [6.07, 6.45) is 2.35. The van der Waals surface area contributed by atoms with Crippen LogP contribution in [0.3, 0.4) is 0 Å². The summed E-state index contributed by atoms with van der Waals surface area (Å²) in [6, 6.07) is 0.817. The van der Waals surface area contributed by atoms with Crippen molar-refractivity contribution in [1.29, 1.82) is 0 Å². The topological polar surface area (TPSA) is 99.3 Å². The van der Waals surface area contributed by atoms with Crippen LogP contribution in [0.2, 0.25) is 0 Å². The normalized spacial score (nSPS) is 25.7. The van der Waals surface area contributed by atoms with E-state index in [9.17, 15) is 19.2 Å². The van der Waals surface area contributed by atoms with Crippen LogP contribution in [0.1, 0.15) is 66.2 Å². The lowest BCUT2D eigenvalue weighted by molar-refractivity contribution is -0.197. The molecule has 0 aromatic rings. The third kappa shape index (κ3) is 6.04. The molecule has 3 atom stereocenters. The van der Waals surface area contributed by atoms with Gasteiger partial charge in [0.15, 0.2) is 0 Å². The molecule has 0 aromatic heterocycles. The average Bonchev–Trinajstić information content (AvgIpc) is 3.00. The molecular weight excluding hydrogens is 400 g/mol. The summed E-state index contributed by atoms with van der Waals surface area (Å²) in [6.45, 7) is 9.84. The van der Waals surface area contributed by atoms with E-state index in [1.807, 2.05) is 13.8 Å². The summed E-state index contributed by atoms with van der Waals surface area (Å²) >= 11 is 0. The molecule has 9 nitrogen and oxygen atoms in total. The van der Waals surface area contributed by atoms with Gasteiger partial charge in [0.05, 0.1) is 5.41 Å². The van der Waals surface area contributed by atoms with Crippen LogP contribution in [0.5, 0.6) is 0 Å². The third-order valence-corrected chi connectivity index (χ3v) is 6.69.